The Kier molecular flexibility index (Phi) is 5.24. The summed E-state index contributed by atoms with van der Waals surface area (Å²) < 4.78 is 1.77. The van der Waals surface area contributed by atoms with Gasteiger partial charge >= 0.3 is 5.97 Å². The maximum absolute atomic E-state index is 12.1. The average molecular weight is 388 g/mol. The zero-order valence-electron chi connectivity index (χ0n) is 15.9. The van der Waals surface area contributed by atoms with E-state index in [0.717, 1.165) is 35.4 Å². The van der Waals surface area contributed by atoms with Crippen molar-refractivity contribution in [1.82, 2.24) is 29.5 Å². The molecule has 0 aliphatic heterocycles. The summed E-state index contributed by atoms with van der Waals surface area (Å²) in [5.41, 5.74) is 3.85. The molecule has 1 N–H and O–H groups in total. The number of carboxylic acid groups (broad SMARTS) is 1. The van der Waals surface area contributed by atoms with E-state index in [1.807, 2.05) is 18.2 Å². The predicted octanol–water partition coefficient (Wildman–Crippen LogP) is 2.94. The summed E-state index contributed by atoms with van der Waals surface area (Å²) >= 11 is 0. The number of aliphatic carboxylic acids is 1. The molecule has 4 rings (SSSR count). The second-order valence-corrected chi connectivity index (χ2v) is 6.77. The van der Waals surface area contributed by atoms with Gasteiger partial charge in [-0.1, -0.05) is 19.4 Å². The molecule has 0 radical (unpaired) electrons. The lowest BCUT2D eigenvalue weighted by Gasteiger charge is -2.12. The van der Waals surface area contributed by atoms with Crippen LogP contribution in [0.4, 0.5) is 0 Å². The van der Waals surface area contributed by atoms with Crippen molar-refractivity contribution in [3.8, 4) is 11.3 Å². The van der Waals surface area contributed by atoms with Crippen LogP contribution in [-0.4, -0.2) is 40.6 Å². The molecule has 29 heavy (non-hydrogen) atoms. The fourth-order valence-corrected chi connectivity index (χ4v) is 3.32. The number of rotatable bonds is 7. The van der Waals surface area contributed by atoms with Gasteiger partial charge in [0, 0.05) is 36.5 Å². The van der Waals surface area contributed by atoms with Gasteiger partial charge in [0.05, 0.1) is 11.4 Å². The van der Waals surface area contributed by atoms with Gasteiger partial charge in [-0.25, -0.2) is 4.98 Å². The van der Waals surface area contributed by atoms with Crippen molar-refractivity contribution in [3.63, 3.8) is 0 Å². The van der Waals surface area contributed by atoms with Crippen LogP contribution in [0.25, 0.3) is 16.9 Å². The van der Waals surface area contributed by atoms with Gasteiger partial charge in [-0.2, -0.15) is 0 Å². The second-order valence-electron chi connectivity index (χ2n) is 6.77. The second kappa shape index (κ2) is 8.14. The minimum Gasteiger partial charge on any atom is -0.481 e. The molecular formula is C21H20N6O2. The molecule has 0 saturated carbocycles. The summed E-state index contributed by atoms with van der Waals surface area (Å²) in [5.74, 6) is -1.43. The summed E-state index contributed by atoms with van der Waals surface area (Å²) in [7, 11) is 0. The Bertz CT molecular complexity index is 1130. The Labute approximate surface area is 167 Å². The molecule has 8 nitrogen and oxygen atoms in total. The van der Waals surface area contributed by atoms with E-state index < -0.39 is 11.9 Å². The van der Waals surface area contributed by atoms with Gasteiger partial charge in [-0.15, -0.1) is 10.2 Å². The van der Waals surface area contributed by atoms with Crippen molar-refractivity contribution in [2.24, 2.45) is 0 Å². The van der Waals surface area contributed by atoms with Gasteiger partial charge in [-0.3, -0.25) is 19.2 Å². The third kappa shape index (κ3) is 3.82. The lowest BCUT2D eigenvalue weighted by atomic mass is 10.00. The number of hydrogen-bond donors (Lipinski definition) is 1. The molecule has 0 amide bonds. The van der Waals surface area contributed by atoms with Crippen LogP contribution in [0.1, 0.15) is 36.3 Å². The first-order valence-corrected chi connectivity index (χ1v) is 9.44. The Morgan fingerprint density at radius 1 is 1.14 bits per heavy atom. The monoisotopic (exact) mass is 388 g/mol. The third-order valence-electron chi connectivity index (χ3n) is 4.72. The molecule has 0 spiro atoms. The van der Waals surface area contributed by atoms with Gasteiger partial charge in [-0.05, 0) is 36.6 Å². The molecule has 0 aliphatic rings. The van der Waals surface area contributed by atoms with Gasteiger partial charge in [0.15, 0.2) is 11.5 Å². The highest BCUT2D eigenvalue weighted by molar-refractivity contribution is 5.76. The Hall–Kier alpha value is -3.68. The number of hydrogen-bond acceptors (Lipinski definition) is 6. The largest absolute Gasteiger partial charge is 0.481 e. The fraction of sp³-hybridized carbons (Fsp3) is 0.238. The Balaban J connectivity index is 1.85. The number of carboxylic acids is 1. The van der Waals surface area contributed by atoms with Crippen molar-refractivity contribution in [1.29, 1.82) is 0 Å². The number of carbonyl (C=O) groups is 1. The SMILES string of the molecule is CCCc1nc(-c2ccncc2)cn2c(C(Cc3cccnc3)C(=O)O)nnc12. The first-order valence-electron chi connectivity index (χ1n) is 9.44. The molecular weight excluding hydrogens is 368 g/mol. The fourth-order valence-electron chi connectivity index (χ4n) is 3.32. The van der Waals surface area contributed by atoms with Gasteiger partial charge in [0.2, 0.25) is 0 Å². The summed E-state index contributed by atoms with van der Waals surface area (Å²) in [4.78, 5) is 25.0. The molecule has 0 aromatic carbocycles. The van der Waals surface area contributed by atoms with E-state index in [1.54, 1.807) is 41.5 Å². The summed E-state index contributed by atoms with van der Waals surface area (Å²) in [6, 6.07) is 7.40. The number of aryl methyl sites for hydroxylation is 1. The van der Waals surface area contributed by atoms with Crippen LogP contribution in [-0.2, 0) is 17.6 Å². The van der Waals surface area contributed by atoms with E-state index >= 15 is 0 Å². The smallest absolute Gasteiger partial charge is 0.314 e. The highest BCUT2D eigenvalue weighted by atomic mass is 16.4. The minimum atomic E-state index is -0.956. The molecule has 0 fully saturated rings. The molecule has 0 aliphatic carbocycles. The van der Waals surface area contributed by atoms with Crippen LogP contribution in [0.3, 0.4) is 0 Å². The van der Waals surface area contributed by atoms with E-state index in [9.17, 15) is 9.90 Å². The number of nitrogens with zero attached hydrogens (tertiary/aromatic N) is 6. The lowest BCUT2D eigenvalue weighted by Crippen LogP contribution is -2.18. The lowest BCUT2D eigenvalue weighted by molar-refractivity contribution is -0.139. The molecule has 1 atom stereocenters. The van der Waals surface area contributed by atoms with Crippen LogP contribution in [0.5, 0.6) is 0 Å². The maximum Gasteiger partial charge on any atom is 0.314 e. The van der Waals surface area contributed by atoms with Crippen LogP contribution < -0.4 is 0 Å². The average Bonchev–Trinajstić information content (AvgIpc) is 3.17. The van der Waals surface area contributed by atoms with E-state index in [-0.39, 0.29) is 6.42 Å². The Morgan fingerprint density at radius 2 is 1.97 bits per heavy atom. The zero-order chi connectivity index (χ0) is 20.2. The molecule has 4 aromatic heterocycles. The zero-order valence-corrected chi connectivity index (χ0v) is 15.9. The first-order chi connectivity index (χ1) is 14.2. The van der Waals surface area contributed by atoms with Crippen molar-refractivity contribution < 1.29 is 9.90 Å². The third-order valence-corrected chi connectivity index (χ3v) is 4.72. The summed E-state index contributed by atoms with van der Waals surface area (Å²) in [5, 5.41) is 18.4. The van der Waals surface area contributed by atoms with Gasteiger partial charge in [0.1, 0.15) is 5.92 Å². The summed E-state index contributed by atoms with van der Waals surface area (Å²) in [6.07, 6.45) is 10.4. The summed E-state index contributed by atoms with van der Waals surface area (Å²) in [6.45, 7) is 2.07. The normalized spacial score (nSPS) is 12.2. The van der Waals surface area contributed by atoms with E-state index in [4.69, 9.17) is 4.98 Å². The number of fused-ring (bicyclic) bond motifs is 1. The molecule has 0 saturated heterocycles. The molecule has 4 aromatic rings. The molecule has 0 bridgehead atoms. The van der Waals surface area contributed by atoms with E-state index in [1.165, 1.54) is 0 Å². The molecule has 4 heterocycles. The van der Waals surface area contributed by atoms with Gasteiger partial charge < -0.3 is 5.11 Å². The van der Waals surface area contributed by atoms with Gasteiger partial charge in [0.25, 0.3) is 0 Å². The molecule has 8 heteroatoms. The van der Waals surface area contributed by atoms with Crippen molar-refractivity contribution in [2.45, 2.75) is 32.1 Å². The highest BCUT2D eigenvalue weighted by Gasteiger charge is 2.27. The maximum atomic E-state index is 12.1. The van der Waals surface area contributed by atoms with E-state index in [2.05, 4.69) is 27.1 Å². The highest BCUT2D eigenvalue weighted by Crippen LogP contribution is 2.25. The minimum absolute atomic E-state index is 0.278. The Morgan fingerprint density at radius 3 is 2.66 bits per heavy atom. The quantitative estimate of drug-likeness (QED) is 0.519. The van der Waals surface area contributed by atoms with Crippen molar-refractivity contribution in [2.75, 3.05) is 0 Å². The first kappa shape index (κ1) is 18.7. The van der Waals surface area contributed by atoms with Crippen LogP contribution in [0.15, 0.2) is 55.2 Å². The topological polar surface area (TPSA) is 106 Å². The van der Waals surface area contributed by atoms with Crippen molar-refractivity contribution >= 4 is 11.6 Å². The van der Waals surface area contributed by atoms with Crippen LogP contribution in [0.2, 0.25) is 0 Å². The van der Waals surface area contributed by atoms with Crippen molar-refractivity contribution in [3.05, 3.63) is 72.3 Å². The number of pyridine rings is 2. The molecule has 1 unspecified atom stereocenters. The van der Waals surface area contributed by atoms with Crippen LogP contribution in [0, 0.1) is 0 Å². The standard InChI is InChI=1S/C21H20N6O2/c1-2-4-17-20-26-25-19(16(21(28)29)11-14-5-3-8-23-12-14)27(20)13-18(24-17)15-6-9-22-10-7-15/h3,5-10,12-13,16H,2,4,11H2,1H3,(H,28,29). The number of aromatic nitrogens is 6. The van der Waals surface area contributed by atoms with Crippen LogP contribution >= 0.6 is 0 Å². The van der Waals surface area contributed by atoms with E-state index in [0.29, 0.717) is 11.5 Å². The molecule has 146 valence electrons. The predicted molar refractivity (Wildman–Crippen MR) is 106 cm³/mol.